The summed E-state index contributed by atoms with van der Waals surface area (Å²) in [6.45, 7) is -0.0313. The van der Waals surface area contributed by atoms with Crippen LogP contribution >= 0.6 is 57.5 Å². The number of nitrogens with one attached hydrogen (secondary N) is 1. The molecule has 1 saturated carbocycles. The molecule has 6 rings (SSSR count). The molecule has 42 heavy (non-hydrogen) atoms. The molecule has 2 unspecified atom stereocenters. The number of carboxylic acids is 1. The van der Waals surface area contributed by atoms with E-state index < -0.39 is 28.7 Å². The van der Waals surface area contributed by atoms with Crippen molar-refractivity contribution in [3.8, 4) is 0 Å². The molecule has 5 heterocycles. The lowest BCUT2D eigenvalue weighted by atomic mass is 9.87. The molecule has 3 aliphatic rings. The largest absolute Gasteiger partial charge is 0.481 e. The molecule has 2 amide bonds. The summed E-state index contributed by atoms with van der Waals surface area (Å²) in [6.07, 6.45) is 5.30. The van der Waals surface area contributed by atoms with Crippen LogP contribution in [0, 0.1) is 5.41 Å². The van der Waals surface area contributed by atoms with E-state index >= 15 is 0 Å². The van der Waals surface area contributed by atoms with Crippen LogP contribution in [0.25, 0.3) is 9.40 Å². The highest BCUT2D eigenvalue weighted by atomic mass is 32.2. The van der Waals surface area contributed by atoms with Crippen molar-refractivity contribution in [3.05, 3.63) is 50.3 Å². The number of thiazole rings is 1. The number of oxime groups is 1. The highest BCUT2D eigenvalue weighted by Gasteiger charge is 2.57. The number of aromatic nitrogens is 1. The normalized spacial score (nSPS) is 24.6. The molecule has 3 aromatic heterocycles. The number of carbonyl (C=O) groups is 3. The van der Waals surface area contributed by atoms with Crippen LogP contribution in [0.5, 0.6) is 0 Å². The number of thioether (sulfide) groups is 2. The molecule has 0 radical (unpaired) electrons. The first-order valence-corrected chi connectivity index (χ1v) is 17.5. The van der Waals surface area contributed by atoms with Crippen LogP contribution in [-0.4, -0.2) is 68.3 Å². The van der Waals surface area contributed by atoms with Gasteiger partial charge in [0, 0.05) is 23.7 Å². The summed E-state index contributed by atoms with van der Waals surface area (Å²) in [5.74, 6) is -1.83. The number of amides is 2. The summed E-state index contributed by atoms with van der Waals surface area (Å²) in [5.41, 5.74) is 4.62. The van der Waals surface area contributed by atoms with Crippen LogP contribution in [0.3, 0.4) is 0 Å². The first kappa shape index (κ1) is 29.2. The Kier molecular flexibility index (Phi) is 8.33. The van der Waals surface area contributed by atoms with Gasteiger partial charge in [-0.15, -0.1) is 45.8 Å². The molecular formula is C26H25N5O6S5. The van der Waals surface area contributed by atoms with Gasteiger partial charge in [0.05, 0.1) is 13.6 Å². The van der Waals surface area contributed by atoms with Crippen molar-refractivity contribution in [1.82, 2.24) is 15.2 Å². The summed E-state index contributed by atoms with van der Waals surface area (Å²) in [6, 6.07) is 2.61. The number of β-lactam (4-membered cyclic amide) rings is 1. The van der Waals surface area contributed by atoms with Gasteiger partial charge in [-0.1, -0.05) is 23.0 Å². The molecule has 1 aliphatic carbocycles. The summed E-state index contributed by atoms with van der Waals surface area (Å²) in [4.78, 5) is 62.4. The number of thiophene rings is 1. The van der Waals surface area contributed by atoms with Crippen molar-refractivity contribution < 1.29 is 24.3 Å². The topological polar surface area (TPSA) is 164 Å². The van der Waals surface area contributed by atoms with E-state index in [1.165, 1.54) is 62.4 Å². The van der Waals surface area contributed by atoms with E-state index in [1.54, 1.807) is 22.9 Å². The van der Waals surface area contributed by atoms with Gasteiger partial charge in [0.2, 0.25) is 5.91 Å². The molecule has 2 saturated heterocycles. The average molecular weight is 664 g/mol. The fourth-order valence-electron chi connectivity index (χ4n) is 4.98. The van der Waals surface area contributed by atoms with E-state index in [0.29, 0.717) is 4.70 Å². The first-order chi connectivity index (χ1) is 20.2. The molecule has 3 aromatic rings. The van der Waals surface area contributed by atoms with Gasteiger partial charge in [0.1, 0.15) is 28.6 Å². The van der Waals surface area contributed by atoms with Crippen molar-refractivity contribution in [2.45, 2.75) is 47.4 Å². The number of hydrogen-bond acceptors (Lipinski definition) is 13. The molecule has 0 spiro atoms. The number of nitrogens with zero attached hydrogens (tertiary/aromatic N) is 3. The maximum Gasteiger partial charge on any atom is 0.316 e. The molecule has 0 aromatic carbocycles. The molecule has 0 bridgehead atoms. The fourth-order valence-corrected chi connectivity index (χ4v) is 10.1. The standard InChI is InChI=1S/C26H25N5O6S5/c27-25-28-14(10-40-25)18(30-37-13-3-1-2-4-13)21(33)29-19-22(34)31-11-26(24(35)36,12-41-23(19)31)6-8-38-17-9-15(32)20-16(42-17)5-7-39-20/h5-10,13,19,23H,1-4,11-12H2,(H2,27,28)(H,29,33)(H,35,36)/t19?,23-,26?/m1/s1. The number of aliphatic carboxylic acids is 1. The summed E-state index contributed by atoms with van der Waals surface area (Å²) in [5, 5.41) is 22.0. The Balaban J connectivity index is 1.13. The van der Waals surface area contributed by atoms with Crippen LogP contribution < -0.4 is 16.5 Å². The second-order valence-corrected chi connectivity index (χ2v) is 15.3. The highest BCUT2D eigenvalue weighted by Crippen LogP contribution is 2.44. The quantitative estimate of drug-likeness (QED) is 0.133. The first-order valence-electron chi connectivity index (χ1n) is 13.0. The number of rotatable bonds is 9. The molecule has 11 nitrogen and oxygen atoms in total. The van der Waals surface area contributed by atoms with Crippen molar-refractivity contribution >= 4 is 95.6 Å². The van der Waals surface area contributed by atoms with E-state index in [4.69, 9.17) is 10.6 Å². The molecule has 16 heteroatoms. The number of nitrogens with two attached hydrogens (primary N) is 1. The number of fused-ring (bicyclic) bond motifs is 2. The van der Waals surface area contributed by atoms with Crippen molar-refractivity contribution in [2.24, 2.45) is 10.6 Å². The van der Waals surface area contributed by atoms with Crippen LogP contribution in [0.1, 0.15) is 31.4 Å². The maximum absolute atomic E-state index is 13.3. The van der Waals surface area contributed by atoms with Gasteiger partial charge in [-0.25, -0.2) is 4.98 Å². The number of hydrogen-bond donors (Lipinski definition) is 3. The summed E-state index contributed by atoms with van der Waals surface area (Å²) < 4.78 is 2.35. The number of anilines is 1. The van der Waals surface area contributed by atoms with Crippen molar-refractivity contribution in [2.75, 3.05) is 18.0 Å². The summed E-state index contributed by atoms with van der Waals surface area (Å²) >= 11 is 6.61. The highest BCUT2D eigenvalue weighted by molar-refractivity contribution is 8.04. The predicted molar refractivity (Wildman–Crippen MR) is 167 cm³/mol. The predicted octanol–water partition coefficient (Wildman–Crippen LogP) is 3.80. The minimum atomic E-state index is -1.31. The van der Waals surface area contributed by atoms with Gasteiger partial charge < -0.3 is 25.9 Å². The van der Waals surface area contributed by atoms with Crippen LogP contribution in [-0.2, 0) is 19.2 Å². The lowest BCUT2D eigenvalue weighted by Crippen LogP contribution is -2.73. The average Bonchev–Trinajstić information content (AvgIpc) is 3.75. The molecule has 4 N–H and O–H groups in total. The number of carboxylic acid groups (broad SMARTS) is 1. The molecule has 220 valence electrons. The SMILES string of the molecule is Nc1nc(C(=NOC2CCCC2)C(=O)NC2C(=O)N3CC(C=CSc4cc(=O)c5sccc5s4)(C(=O)O)CS[C@H]23)cs1. The third kappa shape index (κ3) is 5.69. The van der Waals surface area contributed by atoms with Gasteiger partial charge in [-0.2, -0.15) is 0 Å². The van der Waals surface area contributed by atoms with Crippen molar-refractivity contribution in [1.29, 1.82) is 0 Å². The minimum Gasteiger partial charge on any atom is -0.481 e. The second kappa shape index (κ2) is 12.0. The molecule has 3 atom stereocenters. The second-order valence-electron chi connectivity index (χ2n) is 10.1. The zero-order valence-electron chi connectivity index (χ0n) is 21.9. The number of nitrogen functional groups attached to an aromatic ring is 1. The Morgan fingerprint density at radius 2 is 2.10 bits per heavy atom. The van der Waals surface area contributed by atoms with Crippen LogP contribution in [0.4, 0.5) is 5.13 Å². The lowest BCUT2D eigenvalue weighted by molar-refractivity contribution is -0.156. The monoisotopic (exact) mass is 663 g/mol. The zero-order chi connectivity index (χ0) is 29.4. The minimum absolute atomic E-state index is 0.0313. The lowest BCUT2D eigenvalue weighted by Gasteiger charge is -2.53. The Morgan fingerprint density at radius 1 is 1.29 bits per heavy atom. The Labute approximate surface area is 260 Å². The van der Waals surface area contributed by atoms with Crippen LogP contribution in [0.2, 0.25) is 0 Å². The number of carbonyl (C=O) groups excluding carboxylic acids is 2. The smallest absolute Gasteiger partial charge is 0.316 e. The van der Waals surface area contributed by atoms with Crippen molar-refractivity contribution in [3.63, 3.8) is 0 Å². The van der Waals surface area contributed by atoms with Gasteiger partial charge in [-0.05, 0) is 42.5 Å². The Bertz CT molecular complexity index is 1660. The van der Waals surface area contributed by atoms with Gasteiger partial charge in [0.15, 0.2) is 16.3 Å². The van der Waals surface area contributed by atoms with E-state index in [0.717, 1.165) is 34.6 Å². The fraction of sp³-hybridized carbons (Fsp3) is 0.385. The molecular weight excluding hydrogens is 639 g/mol. The summed E-state index contributed by atoms with van der Waals surface area (Å²) in [7, 11) is 0. The third-order valence-corrected chi connectivity index (χ3v) is 12.6. The third-order valence-electron chi connectivity index (χ3n) is 7.28. The van der Waals surface area contributed by atoms with E-state index in [9.17, 15) is 24.3 Å². The van der Waals surface area contributed by atoms with E-state index in [-0.39, 0.29) is 46.3 Å². The Morgan fingerprint density at radius 3 is 2.83 bits per heavy atom. The Hall–Kier alpha value is -2.92. The van der Waals surface area contributed by atoms with Gasteiger partial charge in [-0.3, -0.25) is 19.2 Å². The van der Waals surface area contributed by atoms with E-state index in [2.05, 4.69) is 15.5 Å². The molecule has 3 fully saturated rings. The maximum atomic E-state index is 13.3. The van der Waals surface area contributed by atoms with Crippen LogP contribution in [0.15, 0.2) is 48.5 Å². The van der Waals surface area contributed by atoms with Gasteiger partial charge in [0.25, 0.3) is 5.91 Å². The zero-order valence-corrected chi connectivity index (χ0v) is 26.0. The van der Waals surface area contributed by atoms with Gasteiger partial charge >= 0.3 is 5.97 Å². The van der Waals surface area contributed by atoms with E-state index in [1.807, 2.05) is 11.4 Å². The molecule has 2 aliphatic heterocycles.